The van der Waals surface area contributed by atoms with E-state index in [1.165, 1.54) is 0 Å². The van der Waals surface area contributed by atoms with Crippen molar-refractivity contribution in [3.8, 4) is 0 Å². The fraction of sp³-hybridized carbons (Fsp3) is 0.647. The van der Waals surface area contributed by atoms with Crippen LogP contribution < -0.4 is 15.5 Å². The van der Waals surface area contributed by atoms with E-state index in [0.717, 1.165) is 57.1 Å². The molecule has 3 heterocycles. The van der Waals surface area contributed by atoms with Crippen molar-refractivity contribution in [3.05, 3.63) is 23.9 Å². The molecule has 0 spiro atoms. The molecule has 1 amide bonds. The molecule has 0 bridgehead atoms. The number of morpholine rings is 1. The number of anilines is 1. The second kappa shape index (κ2) is 7.75. The van der Waals surface area contributed by atoms with Crippen molar-refractivity contribution >= 4 is 11.7 Å². The van der Waals surface area contributed by atoms with Gasteiger partial charge < -0.3 is 20.3 Å². The van der Waals surface area contributed by atoms with Crippen LogP contribution in [0.2, 0.25) is 0 Å². The van der Waals surface area contributed by atoms with E-state index in [9.17, 15) is 4.79 Å². The van der Waals surface area contributed by atoms with Gasteiger partial charge in [0.15, 0.2) is 0 Å². The van der Waals surface area contributed by atoms with Crippen LogP contribution in [0.3, 0.4) is 0 Å². The van der Waals surface area contributed by atoms with Gasteiger partial charge in [-0.1, -0.05) is 6.07 Å². The van der Waals surface area contributed by atoms with Crippen LogP contribution in [-0.2, 0) is 16.1 Å². The molecule has 1 aromatic rings. The van der Waals surface area contributed by atoms with Gasteiger partial charge in [0.05, 0.1) is 13.2 Å². The summed E-state index contributed by atoms with van der Waals surface area (Å²) in [7, 11) is 0. The Labute approximate surface area is 137 Å². The number of amides is 1. The maximum Gasteiger partial charge on any atom is 0.223 e. The van der Waals surface area contributed by atoms with Crippen LogP contribution in [0, 0.1) is 5.92 Å². The number of rotatable bonds is 4. The Morgan fingerprint density at radius 3 is 3.09 bits per heavy atom. The smallest absolute Gasteiger partial charge is 0.223 e. The normalized spacial score (nSPS) is 25.2. The highest BCUT2D eigenvalue weighted by molar-refractivity contribution is 5.79. The first-order valence-electron chi connectivity index (χ1n) is 8.51. The molecular weight excluding hydrogens is 292 g/mol. The lowest BCUT2D eigenvalue weighted by atomic mass is 9.92. The zero-order valence-electron chi connectivity index (χ0n) is 13.8. The number of hydrogen-bond acceptors (Lipinski definition) is 5. The van der Waals surface area contributed by atoms with Crippen molar-refractivity contribution in [2.24, 2.45) is 5.92 Å². The molecule has 23 heavy (non-hydrogen) atoms. The van der Waals surface area contributed by atoms with E-state index < -0.39 is 0 Å². The van der Waals surface area contributed by atoms with Gasteiger partial charge in [0.2, 0.25) is 5.91 Å². The molecule has 2 fully saturated rings. The summed E-state index contributed by atoms with van der Waals surface area (Å²) in [6, 6.07) is 4.39. The van der Waals surface area contributed by atoms with Gasteiger partial charge in [0, 0.05) is 43.4 Å². The first-order valence-corrected chi connectivity index (χ1v) is 8.51. The Bertz CT molecular complexity index is 531. The number of hydrogen-bond donors (Lipinski definition) is 2. The number of pyridine rings is 1. The minimum absolute atomic E-state index is 0.120. The summed E-state index contributed by atoms with van der Waals surface area (Å²) in [5.41, 5.74) is 1.07. The monoisotopic (exact) mass is 318 g/mol. The number of nitrogens with one attached hydrogen (secondary N) is 2. The Morgan fingerprint density at radius 1 is 1.48 bits per heavy atom. The molecule has 0 unspecified atom stereocenters. The summed E-state index contributed by atoms with van der Waals surface area (Å²) in [5, 5.41) is 6.49. The maximum atomic E-state index is 12.4. The molecule has 0 saturated carbocycles. The van der Waals surface area contributed by atoms with E-state index >= 15 is 0 Å². The fourth-order valence-electron chi connectivity index (χ4n) is 3.32. The number of aromatic nitrogens is 1. The van der Waals surface area contributed by atoms with Crippen molar-refractivity contribution in [1.29, 1.82) is 0 Å². The van der Waals surface area contributed by atoms with Gasteiger partial charge in [-0.05, 0) is 32.4 Å². The van der Waals surface area contributed by atoms with Gasteiger partial charge >= 0.3 is 0 Å². The lowest BCUT2D eigenvalue weighted by molar-refractivity contribution is -0.126. The molecule has 0 aromatic carbocycles. The highest BCUT2D eigenvalue weighted by atomic mass is 16.5. The van der Waals surface area contributed by atoms with Crippen molar-refractivity contribution in [2.75, 3.05) is 37.7 Å². The minimum Gasteiger partial charge on any atom is -0.378 e. The van der Waals surface area contributed by atoms with Crippen molar-refractivity contribution in [2.45, 2.75) is 32.4 Å². The molecule has 0 aliphatic carbocycles. The molecule has 1 aromatic heterocycles. The van der Waals surface area contributed by atoms with Crippen LogP contribution in [0.25, 0.3) is 0 Å². The van der Waals surface area contributed by atoms with Crippen LogP contribution in [0.4, 0.5) is 5.82 Å². The van der Waals surface area contributed by atoms with Crippen LogP contribution in [0.1, 0.15) is 25.3 Å². The van der Waals surface area contributed by atoms with Crippen LogP contribution >= 0.6 is 0 Å². The first-order chi connectivity index (χ1) is 11.2. The van der Waals surface area contributed by atoms with Gasteiger partial charge in [-0.15, -0.1) is 0 Å². The summed E-state index contributed by atoms with van der Waals surface area (Å²) in [5.74, 6) is 1.25. The third-order valence-electron chi connectivity index (χ3n) is 4.63. The zero-order chi connectivity index (χ0) is 16.1. The molecule has 2 aliphatic rings. The number of carbonyl (C=O) groups is 1. The summed E-state index contributed by atoms with van der Waals surface area (Å²) >= 11 is 0. The van der Waals surface area contributed by atoms with E-state index in [1.54, 1.807) is 0 Å². The Balaban J connectivity index is 1.60. The third-order valence-corrected chi connectivity index (χ3v) is 4.63. The third kappa shape index (κ3) is 4.20. The van der Waals surface area contributed by atoms with Gasteiger partial charge in [-0.2, -0.15) is 0 Å². The predicted octanol–water partition coefficient (Wildman–Crippen LogP) is 0.923. The van der Waals surface area contributed by atoms with Gasteiger partial charge in [-0.25, -0.2) is 4.98 Å². The van der Waals surface area contributed by atoms with Gasteiger partial charge in [0.25, 0.3) is 0 Å². The van der Waals surface area contributed by atoms with Gasteiger partial charge in [0.1, 0.15) is 5.82 Å². The lowest BCUT2D eigenvalue weighted by Crippen LogP contribution is -2.42. The quantitative estimate of drug-likeness (QED) is 0.864. The summed E-state index contributed by atoms with van der Waals surface area (Å²) in [6.45, 7) is 6.76. The van der Waals surface area contributed by atoms with E-state index in [2.05, 4.69) is 27.4 Å². The zero-order valence-corrected chi connectivity index (χ0v) is 13.8. The standard InChI is InChI=1S/C17H26N4O2/c1-13-11-14(4-6-18-13)17(22)20-12-15-3-2-5-19-16(15)21-7-9-23-10-8-21/h2-3,5,13-14,18H,4,6-12H2,1H3,(H,20,22)/t13-,14-/m0/s1. The fourth-order valence-corrected chi connectivity index (χ4v) is 3.32. The molecule has 2 saturated heterocycles. The average molecular weight is 318 g/mol. The predicted molar refractivity (Wildman–Crippen MR) is 89.3 cm³/mol. The van der Waals surface area contributed by atoms with E-state index in [1.807, 2.05) is 18.3 Å². The second-order valence-electron chi connectivity index (χ2n) is 6.38. The molecule has 2 atom stereocenters. The maximum absolute atomic E-state index is 12.4. The highest BCUT2D eigenvalue weighted by Gasteiger charge is 2.25. The molecule has 0 radical (unpaired) electrons. The molecule has 2 N–H and O–H groups in total. The van der Waals surface area contributed by atoms with E-state index in [-0.39, 0.29) is 11.8 Å². The SMILES string of the molecule is C[C@H]1C[C@@H](C(=O)NCc2cccnc2N2CCOCC2)CCN1. The van der Waals surface area contributed by atoms with E-state index in [0.29, 0.717) is 12.6 Å². The molecule has 2 aliphatic heterocycles. The molecular formula is C17H26N4O2. The largest absolute Gasteiger partial charge is 0.378 e. The minimum atomic E-state index is 0.120. The average Bonchev–Trinajstić information content (AvgIpc) is 2.60. The van der Waals surface area contributed by atoms with Crippen LogP contribution in [0.5, 0.6) is 0 Å². The summed E-state index contributed by atoms with van der Waals surface area (Å²) in [4.78, 5) is 19.2. The second-order valence-corrected chi connectivity index (χ2v) is 6.38. The summed E-state index contributed by atoms with van der Waals surface area (Å²) < 4.78 is 5.40. The Morgan fingerprint density at radius 2 is 2.30 bits per heavy atom. The van der Waals surface area contributed by atoms with Crippen LogP contribution in [0.15, 0.2) is 18.3 Å². The molecule has 6 heteroatoms. The Kier molecular flexibility index (Phi) is 5.46. The molecule has 6 nitrogen and oxygen atoms in total. The Hall–Kier alpha value is -1.66. The lowest BCUT2D eigenvalue weighted by Gasteiger charge is -2.30. The topological polar surface area (TPSA) is 66.5 Å². The number of nitrogens with zero attached hydrogens (tertiary/aromatic N) is 2. The van der Waals surface area contributed by atoms with Crippen LogP contribution in [-0.4, -0.2) is 49.8 Å². The highest BCUT2D eigenvalue weighted by Crippen LogP contribution is 2.20. The van der Waals surface area contributed by atoms with Crippen molar-refractivity contribution in [3.63, 3.8) is 0 Å². The van der Waals surface area contributed by atoms with Crippen molar-refractivity contribution in [1.82, 2.24) is 15.6 Å². The first kappa shape index (κ1) is 16.2. The van der Waals surface area contributed by atoms with E-state index in [4.69, 9.17) is 4.74 Å². The van der Waals surface area contributed by atoms with Crippen molar-refractivity contribution < 1.29 is 9.53 Å². The molecule has 3 rings (SSSR count). The molecule has 126 valence electrons. The van der Waals surface area contributed by atoms with Gasteiger partial charge in [-0.3, -0.25) is 4.79 Å². The number of ether oxygens (including phenoxy) is 1. The number of piperidine rings is 1. The summed E-state index contributed by atoms with van der Waals surface area (Å²) in [6.07, 6.45) is 3.64. The number of carbonyl (C=O) groups excluding carboxylic acids is 1.